The third kappa shape index (κ3) is 5.28. The highest BCUT2D eigenvalue weighted by atomic mass is 16.3. The fraction of sp³-hybridized carbons (Fsp3) is 0.722. The SMILES string of the molecule is Cn1c2c(c(=O)n(CCCCCCCCCC(O)CO)c1=O)N=CCN2. The Balaban J connectivity index is 1.74. The molecular weight excluding hydrogens is 336 g/mol. The Morgan fingerprint density at radius 2 is 1.81 bits per heavy atom. The largest absolute Gasteiger partial charge is 0.394 e. The zero-order chi connectivity index (χ0) is 18.9. The molecule has 1 unspecified atom stereocenters. The third-order valence-corrected chi connectivity index (χ3v) is 4.74. The van der Waals surface area contributed by atoms with Crippen LogP contribution in [0.2, 0.25) is 0 Å². The molecule has 0 fully saturated rings. The molecule has 3 N–H and O–H groups in total. The maximum Gasteiger partial charge on any atom is 0.332 e. The zero-order valence-electron chi connectivity index (χ0n) is 15.5. The Kier molecular flexibility index (Phi) is 8.06. The van der Waals surface area contributed by atoms with Gasteiger partial charge in [0.05, 0.1) is 19.3 Å². The van der Waals surface area contributed by atoms with Crippen LogP contribution in [0.5, 0.6) is 0 Å². The van der Waals surface area contributed by atoms with Crippen molar-refractivity contribution in [1.82, 2.24) is 9.13 Å². The number of rotatable bonds is 11. The molecule has 0 amide bonds. The molecule has 0 radical (unpaired) electrons. The van der Waals surface area contributed by atoms with Crippen LogP contribution in [0.3, 0.4) is 0 Å². The standard InChI is InChI=1S/C18H30N4O4/c1-21-16-15(19-10-11-20-16)17(25)22(18(21)26)12-8-6-4-2-3-5-7-9-14(24)13-23/h10,14,20,23-24H,2-9,11-13H2,1H3. The minimum Gasteiger partial charge on any atom is -0.394 e. The Morgan fingerprint density at radius 3 is 2.50 bits per heavy atom. The second kappa shape index (κ2) is 10.3. The fourth-order valence-corrected chi connectivity index (χ4v) is 3.17. The lowest BCUT2D eigenvalue weighted by Crippen LogP contribution is -2.40. The van der Waals surface area contributed by atoms with Crippen molar-refractivity contribution in [2.45, 2.75) is 64.0 Å². The van der Waals surface area contributed by atoms with Crippen molar-refractivity contribution >= 4 is 17.7 Å². The van der Waals surface area contributed by atoms with Gasteiger partial charge in [0.1, 0.15) is 5.82 Å². The number of aliphatic hydroxyl groups is 2. The number of hydrogen-bond donors (Lipinski definition) is 3. The first kappa shape index (κ1) is 20.4. The van der Waals surface area contributed by atoms with E-state index in [0.29, 0.717) is 31.0 Å². The van der Waals surface area contributed by atoms with Crippen LogP contribution < -0.4 is 16.6 Å². The molecule has 8 nitrogen and oxygen atoms in total. The monoisotopic (exact) mass is 366 g/mol. The van der Waals surface area contributed by atoms with Crippen LogP contribution >= 0.6 is 0 Å². The maximum atomic E-state index is 12.5. The van der Waals surface area contributed by atoms with Gasteiger partial charge in [-0.1, -0.05) is 38.5 Å². The Labute approximate surface area is 153 Å². The Hall–Kier alpha value is -1.93. The molecule has 2 heterocycles. The summed E-state index contributed by atoms with van der Waals surface area (Å²) in [6, 6.07) is 0. The smallest absolute Gasteiger partial charge is 0.332 e. The van der Waals surface area contributed by atoms with Crippen molar-refractivity contribution in [2.75, 3.05) is 18.5 Å². The summed E-state index contributed by atoms with van der Waals surface area (Å²) in [5.74, 6) is 0.491. The van der Waals surface area contributed by atoms with E-state index in [-0.39, 0.29) is 17.9 Å². The second-order valence-corrected chi connectivity index (χ2v) is 6.79. The first-order chi connectivity index (χ1) is 12.6. The summed E-state index contributed by atoms with van der Waals surface area (Å²) in [7, 11) is 1.65. The lowest BCUT2D eigenvalue weighted by Gasteiger charge is -2.17. The molecule has 146 valence electrons. The molecule has 26 heavy (non-hydrogen) atoms. The average molecular weight is 366 g/mol. The van der Waals surface area contributed by atoms with Crippen molar-refractivity contribution < 1.29 is 10.2 Å². The van der Waals surface area contributed by atoms with E-state index in [1.165, 1.54) is 9.13 Å². The molecule has 1 aliphatic rings. The first-order valence-corrected chi connectivity index (χ1v) is 9.45. The van der Waals surface area contributed by atoms with Crippen molar-refractivity contribution in [1.29, 1.82) is 0 Å². The average Bonchev–Trinajstić information content (AvgIpc) is 2.66. The van der Waals surface area contributed by atoms with Crippen molar-refractivity contribution in [3.63, 3.8) is 0 Å². The molecule has 0 aromatic carbocycles. The number of aliphatic imine (C=N–C) groups is 1. The van der Waals surface area contributed by atoms with Crippen LogP contribution in [0.1, 0.15) is 51.4 Å². The van der Waals surface area contributed by atoms with Crippen LogP contribution in [0.25, 0.3) is 0 Å². The van der Waals surface area contributed by atoms with Crippen LogP contribution in [0, 0.1) is 0 Å². The van der Waals surface area contributed by atoms with Crippen molar-refractivity contribution in [2.24, 2.45) is 12.0 Å². The molecule has 2 rings (SSSR count). The molecular formula is C18H30N4O4. The van der Waals surface area contributed by atoms with Gasteiger partial charge in [-0.2, -0.15) is 0 Å². The summed E-state index contributed by atoms with van der Waals surface area (Å²) >= 11 is 0. The normalized spacial score (nSPS) is 14.1. The lowest BCUT2D eigenvalue weighted by atomic mass is 10.1. The predicted molar refractivity (Wildman–Crippen MR) is 103 cm³/mol. The van der Waals surface area contributed by atoms with Crippen LogP contribution in [0.4, 0.5) is 11.5 Å². The van der Waals surface area contributed by atoms with E-state index in [1.54, 1.807) is 13.3 Å². The zero-order valence-corrected chi connectivity index (χ0v) is 15.5. The van der Waals surface area contributed by atoms with Gasteiger partial charge < -0.3 is 15.5 Å². The van der Waals surface area contributed by atoms with E-state index >= 15 is 0 Å². The summed E-state index contributed by atoms with van der Waals surface area (Å²) < 4.78 is 2.73. The van der Waals surface area contributed by atoms with Gasteiger partial charge in [0.25, 0.3) is 5.56 Å². The summed E-state index contributed by atoms with van der Waals surface area (Å²) in [6.45, 7) is 0.766. The molecule has 0 bridgehead atoms. The highest BCUT2D eigenvalue weighted by Gasteiger charge is 2.17. The lowest BCUT2D eigenvalue weighted by molar-refractivity contribution is 0.0860. The van der Waals surface area contributed by atoms with Crippen LogP contribution in [0.15, 0.2) is 14.6 Å². The Morgan fingerprint density at radius 1 is 1.15 bits per heavy atom. The molecule has 1 aromatic rings. The van der Waals surface area contributed by atoms with Crippen LogP contribution in [-0.4, -0.2) is 44.8 Å². The van der Waals surface area contributed by atoms with E-state index in [0.717, 1.165) is 44.9 Å². The van der Waals surface area contributed by atoms with Gasteiger partial charge in [-0.3, -0.25) is 13.9 Å². The second-order valence-electron chi connectivity index (χ2n) is 6.79. The van der Waals surface area contributed by atoms with E-state index in [2.05, 4.69) is 10.3 Å². The maximum absolute atomic E-state index is 12.5. The molecule has 1 atom stereocenters. The molecule has 0 saturated heterocycles. The van der Waals surface area contributed by atoms with E-state index in [1.807, 2.05) is 0 Å². The van der Waals surface area contributed by atoms with Gasteiger partial charge in [-0.15, -0.1) is 0 Å². The fourth-order valence-electron chi connectivity index (χ4n) is 3.17. The number of hydrogen-bond acceptors (Lipinski definition) is 6. The highest BCUT2D eigenvalue weighted by Crippen LogP contribution is 2.19. The summed E-state index contributed by atoms with van der Waals surface area (Å²) in [4.78, 5) is 29.0. The van der Waals surface area contributed by atoms with Gasteiger partial charge in [-0.05, 0) is 12.8 Å². The number of anilines is 1. The van der Waals surface area contributed by atoms with E-state index in [9.17, 15) is 14.7 Å². The van der Waals surface area contributed by atoms with Gasteiger partial charge in [-0.25, -0.2) is 9.79 Å². The van der Waals surface area contributed by atoms with E-state index in [4.69, 9.17) is 5.11 Å². The number of nitrogens with zero attached hydrogens (tertiary/aromatic N) is 3. The molecule has 0 aliphatic carbocycles. The number of aromatic nitrogens is 2. The van der Waals surface area contributed by atoms with Crippen molar-refractivity contribution in [3.05, 3.63) is 20.8 Å². The number of aliphatic hydroxyl groups excluding tert-OH is 2. The van der Waals surface area contributed by atoms with Crippen LogP contribution in [-0.2, 0) is 13.6 Å². The predicted octanol–water partition coefficient (Wildman–Crippen LogP) is 1.15. The topological polar surface area (TPSA) is 109 Å². The molecule has 0 saturated carbocycles. The molecule has 8 heteroatoms. The summed E-state index contributed by atoms with van der Waals surface area (Å²) in [6.07, 6.45) is 8.68. The quantitative estimate of drug-likeness (QED) is 0.509. The first-order valence-electron chi connectivity index (χ1n) is 9.45. The molecule has 0 spiro atoms. The van der Waals surface area contributed by atoms with Gasteiger partial charge in [0.2, 0.25) is 0 Å². The van der Waals surface area contributed by atoms with Gasteiger partial charge in [0.15, 0.2) is 5.69 Å². The minimum atomic E-state index is -0.591. The number of nitrogens with one attached hydrogen (secondary N) is 1. The Bertz CT molecular complexity index is 723. The van der Waals surface area contributed by atoms with Gasteiger partial charge >= 0.3 is 5.69 Å². The van der Waals surface area contributed by atoms with Gasteiger partial charge in [0, 0.05) is 19.8 Å². The molecule has 1 aromatic heterocycles. The minimum absolute atomic E-state index is 0.164. The summed E-state index contributed by atoms with van der Waals surface area (Å²) in [5.41, 5.74) is -0.321. The highest BCUT2D eigenvalue weighted by molar-refractivity contribution is 5.77. The third-order valence-electron chi connectivity index (χ3n) is 4.74. The number of unbranched alkanes of at least 4 members (excludes halogenated alkanes) is 6. The van der Waals surface area contributed by atoms with Crippen molar-refractivity contribution in [3.8, 4) is 0 Å². The van der Waals surface area contributed by atoms with E-state index < -0.39 is 6.10 Å². The summed E-state index contributed by atoms with van der Waals surface area (Å²) in [5, 5.41) is 21.0. The number of fused-ring (bicyclic) bond motifs is 1. The molecule has 1 aliphatic heterocycles.